The van der Waals surface area contributed by atoms with Crippen molar-refractivity contribution in [3.8, 4) is 0 Å². The molecule has 20 heavy (non-hydrogen) atoms. The zero-order valence-corrected chi connectivity index (χ0v) is 13.4. The number of methoxy groups -OCH3 is 1. The molecule has 1 aliphatic rings. The van der Waals surface area contributed by atoms with E-state index in [1.807, 2.05) is 16.8 Å². The number of fused-ring (bicyclic) bond motifs is 1. The maximum Gasteiger partial charge on any atom is 0.306 e. The number of hydrogen-bond donors (Lipinski definition) is 0. The first-order chi connectivity index (χ1) is 9.62. The van der Waals surface area contributed by atoms with Gasteiger partial charge in [-0.2, -0.15) is 0 Å². The molecule has 2 aromatic rings. The van der Waals surface area contributed by atoms with E-state index in [1.165, 1.54) is 7.11 Å². The predicted molar refractivity (Wildman–Crippen MR) is 79.7 cm³/mol. The van der Waals surface area contributed by atoms with Gasteiger partial charge in [-0.1, -0.05) is 0 Å². The first-order valence-corrected chi connectivity index (χ1v) is 8.09. The standard InChI is InChI=1S/C13H14BrN3O2S/c1-19-10(18)6-13(2-3-13)8-20-12-11-15-4-5-17(11)7-9(14)16-12/h4-5,7H,2-3,6,8H2,1H3. The van der Waals surface area contributed by atoms with Gasteiger partial charge < -0.3 is 9.14 Å². The molecule has 1 saturated carbocycles. The Labute approximate surface area is 129 Å². The van der Waals surface area contributed by atoms with Crippen LogP contribution in [0.2, 0.25) is 0 Å². The third kappa shape index (κ3) is 2.83. The molecule has 0 unspecified atom stereocenters. The molecule has 106 valence electrons. The second-order valence-corrected chi connectivity index (χ2v) is 6.85. The summed E-state index contributed by atoms with van der Waals surface area (Å²) in [7, 11) is 1.44. The lowest BCUT2D eigenvalue weighted by atomic mass is 10.1. The number of thioether (sulfide) groups is 1. The lowest BCUT2D eigenvalue weighted by molar-refractivity contribution is -0.141. The largest absolute Gasteiger partial charge is 0.469 e. The zero-order valence-electron chi connectivity index (χ0n) is 11.0. The van der Waals surface area contributed by atoms with Crippen molar-refractivity contribution < 1.29 is 9.53 Å². The summed E-state index contributed by atoms with van der Waals surface area (Å²) in [5, 5.41) is 0.889. The first kappa shape index (κ1) is 13.9. The van der Waals surface area contributed by atoms with E-state index in [2.05, 4.69) is 25.9 Å². The highest BCUT2D eigenvalue weighted by Gasteiger charge is 2.44. The number of esters is 1. The van der Waals surface area contributed by atoms with Crippen molar-refractivity contribution >= 4 is 39.3 Å². The summed E-state index contributed by atoms with van der Waals surface area (Å²) in [4.78, 5) is 20.2. The maximum atomic E-state index is 11.4. The molecular weight excluding hydrogens is 342 g/mol. The fourth-order valence-corrected chi connectivity index (χ4v) is 3.92. The Morgan fingerprint density at radius 1 is 1.60 bits per heavy atom. The fraction of sp³-hybridized carbons (Fsp3) is 0.462. The van der Waals surface area contributed by atoms with E-state index in [1.54, 1.807) is 18.0 Å². The summed E-state index contributed by atoms with van der Waals surface area (Å²) in [6.07, 6.45) is 8.19. The molecule has 2 aromatic heterocycles. The predicted octanol–water partition coefficient (Wildman–Crippen LogP) is 2.93. The van der Waals surface area contributed by atoms with E-state index in [-0.39, 0.29) is 11.4 Å². The molecule has 1 fully saturated rings. The van der Waals surface area contributed by atoms with Gasteiger partial charge in [0.2, 0.25) is 0 Å². The van der Waals surface area contributed by atoms with Gasteiger partial charge in [0.25, 0.3) is 0 Å². The fourth-order valence-electron chi connectivity index (χ4n) is 2.12. The van der Waals surface area contributed by atoms with Gasteiger partial charge in [-0.3, -0.25) is 4.79 Å². The van der Waals surface area contributed by atoms with Crippen LogP contribution in [0, 0.1) is 5.41 Å². The molecule has 0 aromatic carbocycles. The zero-order chi connectivity index (χ0) is 14.2. The molecule has 0 saturated heterocycles. The van der Waals surface area contributed by atoms with Crippen LogP contribution in [0.25, 0.3) is 5.65 Å². The third-order valence-corrected chi connectivity index (χ3v) is 5.22. The number of ether oxygens (including phenoxy) is 1. The summed E-state index contributed by atoms with van der Waals surface area (Å²) in [5.41, 5.74) is 0.942. The Kier molecular flexibility index (Phi) is 3.72. The van der Waals surface area contributed by atoms with Crippen LogP contribution in [0.5, 0.6) is 0 Å². The summed E-state index contributed by atoms with van der Waals surface area (Å²) in [6.45, 7) is 0. The van der Waals surface area contributed by atoms with Crippen molar-refractivity contribution in [3.05, 3.63) is 23.2 Å². The number of hydrogen-bond acceptors (Lipinski definition) is 5. The van der Waals surface area contributed by atoms with Gasteiger partial charge in [0, 0.05) is 24.3 Å². The van der Waals surface area contributed by atoms with E-state index >= 15 is 0 Å². The van der Waals surface area contributed by atoms with Gasteiger partial charge in [0.15, 0.2) is 5.65 Å². The topological polar surface area (TPSA) is 56.5 Å². The van der Waals surface area contributed by atoms with Crippen molar-refractivity contribution in [2.24, 2.45) is 5.41 Å². The van der Waals surface area contributed by atoms with Crippen LogP contribution in [-0.2, 0) is 9.53 Å². The second-order valence-electron chi connectivity index (χ2n) is 5.07. The Balaban J connectivity index is 1.74. The average molecular weight is 356 g/mol. The number of carbonyl (C=O) groups excluding carboxylic acids is 1. The van der Waals surface area contributed by atoms with Gasteiger partial charge in [0.05, 0.1) is 13.5 Å². The van der Waals surface area contributed by atoms with Crippen LogP contribution < -0.4 is 0 Å². The van der Waals surface area contributed by atoms with Crippen molar-refractivity contribution in [2.45, 2.75) is 24.3 Å². The Bertz CT molecular complexity index is 654. The molecule has 0 amide bonds. The smallest absolute Gasteiger partial charge is 0.306 e. The Hall–Kier alpha value is -1.08. The monoisotopic (exact) mass is 355 g/mol. The van der Waals surface area contributed by atoms with Crippen molar-refractivity contribution in [1.29, 1.82) is 0 Å². The highest BCUT2D eigenvalue weighted by molar-refractivity contribution is 9.10. The lowest BCUT2D eigenvalue weighted by Crippen LogP contribution is -2.13. The summed E-state index contributed by atoms with van der Waals surface area (Å²) >= 11 is 5.07. The van der Waals surface area contributed by atoms with Gasteiger partial charge >= 0.3 is 5.97 Å². The number of rotatable bonds is 5. The minimum absolute atomic E-state index is 0.0886. The molecule has 7 heteroatoms. The maximum absolute atomic E-state index is 11.4. The molecule has 1 aliphatic carbocycles. The molecule has 0 aliphatic heterocycles. The van der Waals surface area contributed by atoms with Gasteiger partial charge in [-0.05, 0) is 34.2 Å². The number of halogens is 1. The van der Waals surface area contributed by atoms with Crippen LogP contribution in [0.15, 0.2) is 28.2 Å². The second kappa shape index (κ2) is 5.37. The van der Waals surface area contributed by atoms with E-state index in [4.69, 9.17) is 4.74 Å². The van der Waals surface area contributed by atoms with Crippen LogP contribution in [0.3, 0.4) is 0 Å². The molecular formula is C13H14BrN3O2S. The quantitative estimate of drug-likeness (QED) is 0.609. The van der Waals surface area contributed by atoms with Crippen molar-refractivity contribution in [2.75, 3.05) is 12.9 Å². The normalized spacial score (nSPS) is 16.3. The number of carbonyl (C=O) groups is 1. The van der Waals surface area contributed by atoms with Crippen molar-refractivity contribution in [1.82, 2.24) is 14.4 Å². The number of aromatic nitrogens is 3. The van der Waals surface area contributed by atoms with Crippen LogP contribution in [0.1, 0.15) is 19.3 Å². The first-order valence-electron chi connectivity index (χ1n) is 6.31. The molecule has 0 bridgehead atoms. The molecule has 0 N–H and O–H groups in total. The lowest BCUT2D eigenvalue weighted by Gasteiger charge is -2.13. The van der Waals surface area contributed by atoms with Crippen LogP contribution >= 0.6 is 27.7 Å². The SMILES string of the molecule is COC(=O)CC1(CSc2nc(Br)cn3ccnc23)CC1. The molecule has 5 nitrogen and oxygen atoms in total. The Morgan fingerprint density at radius 3 is 3.10 bits per heavy atom. The molecule has 0 spiro atoms. The minimum Gasteiger partial charge on any atom is -0.469 e. The number of imidazole rings is 1. The summed E-state index contributed by atoms with van der Waals surface area (Å²) in [6, 6.07) is 0. The summed E-state index contributed by atoms with van der Waals surface area (Å²) < 4.78 is 7.49. The Morgan fingerprint density at radius 2 is 2.40 bits per heavy atom. The van der Waals surface area contributed by atoms with E-state index in [9.17, 15) is 4.79 Å². The molecule has 0 atom stereocenters. The van der Waals surface area contributed by atoms with E-state index < -0.39 is 0 Å². The van der Waals surface area contributed by atoms with Crippen LogP contribution in [-0.4, -0.2) is 33.2 Å². The van der Waals surface area contributed by atoms with E-state index in [0.717, 1.165) is 33.9 Å². The van der Waals surface area contributed by atoms with Crippen LogP contribution in [0.4, 0.5) is 0 Å². The summed E-state index contributed by atoms with van der Waals surface area (Å²) in [5.74, 6) is 0.741. The molecule has 2 heterocycles. The highest BCUT2D eigenvalue weighted by Crippen LogP contribution is 2.52. The van der Waals surface area contributed by atoms with Gasteiger partial charge in [-0.25, -0.2) is 9.97 Å². The minimum atomic E-state index is -0.128. The third-order valence-electron chi connectivity index (χ3n) is 3.53. The van der Waals surface area contributed by atoms with E-state index in [0.29, 0.717) is 6.42 Å². The van der Waals surface area contributed by atoms with Gasteiger partial charge in [-0.15, -0.1) is 11.8 Å². The number of nitrogens with zero attached hydrogens (tertiary/aromatic N) is 3. The van der Waals surface area contributed by atoms with Crippen molar-refractivity contribution in [3.63, 3.8) is 0 Å². The molecule has 0 radical (unpaired) electrons. The average Bonchev–Trinajstić information content (AvgIpc) is 3.02. The highest BCUT2D eigenvalue weighted by atomic mass is 79.9. The van der Waals surface area contributed by atoms with Gasteiger partial charge in [0.1, 0.15) is 9.63 Å². The molecule has 3 rings (SSSR count).